The number of fused-ring (bicyclic) bond motifs is 2. The molecule has 0 saturated carbocycles. The topological polar surface area (TPSA) is 83.2 Å². The number of anilines is 2. The molecule has 8 heteroatoms. The Balaban J connectivity index is 1.53. The fourth-order valence-corrected chi connectivity index (χ4v) is 3.63. The number of aryl methyl sites for hydroxylation is 2. The highest BCUT2D eigenvalue weighted by atomic mass is 16.5. The maximum atomic E-state index is 12.6. The van der Waals surface area contributed by atoms with Crippen LogP contribution in [0.1, 0.15) is 11.1 Å². The van der Waals surface area contributed by atoms with Crippen molar-refractivity contribution in [3.05, 3.63) is 39.9 Å². The van der Waals surface area contributed by atoms with Gasteiger partial charge in [-0.3, -0.25) is 9.13 Å². The molecule has 3 aromatic rings. The van der Waals surface area contributed by atoms with Crippen molar-refractivity contribution < 1.29 is 9.47 Å². The summed E-state index contributed by atoms with van der Waals surface area (Å²) < 4.78 is 14.2. The highest BCUT2D eigenvalue weighted by Crippen LogP contribution is 2.32. The molecule has 0 unspecified atom stereocenters. The van der Waals surface area contributed by atoms with E-state index < -0.39 is 0 Å². The largest absolute Gasteiger partial charge is 0.493 e. The van der Waals surface area contributed by atoms with E-state index in [2.05, 4.69) is 21.4 Å². The number of benzene rings is 1. The SMILES string of the molecule is Cc1cc2c(cc1Nc1ncc3c(n1)n(CC1COC1)c(=O)n3C)CCO2. The fourth-order valence-electron chi connectivity index (χ4n) is 3.63. The minimum absolute atomic E-state index is 0.0748. The Hall–Kier alpha value is -2.87. The van der Waals surface area contributed by atoms with Crippen molar-refractivity contribution in [2.75, 3.05) is 25.1 Å². The maximum absolute atomic E-state index is 12.6. The first kappa shape index (κ1) is 16.3. The Morgan fingerprint density at radius 2 is 2.19 bits per heavy atom. The van der Waals surface area contributed by atoms with Crippen LogP contribution in [0.5, 0.6) is 5.75 Å². The van der Waals surface area contributed by atoms with E-state index in [1.54, 1.807) is 22.4 Å². The minimum Gasteiger partial charge on any atom is -0.493 e. The Morgan fingerprint density at radius 1 is 1.33 bits per heavy atom. The van der Waals surface area contributed by atoms with Gasteiger partial charge in [-0.15, -0.1) is 0 Å². The second-order valence-corrected chi connectivity index (χ2v) is 7.26. The summed E-state index contributed by atoms with van der Waals surface area (Å²) >= 11 is 0. The number of hydrogen-bond acceptors (Lipinski definition) is 6. The highest BCUT2D eigenvalue weighted by Gasteiger charge is 2.23. The Kier molecular flexibility index (Phi) is 3.68. The van der Waals surface area contributed by atoms with Crippen LogP contribution in [0, 0.1) is 12.8 Å². The van der Waals surface area contributed by atoms with Crippen molar-refractivity contribution in [1.29, 1.82) is 0 Å². The third kappa shape index (κ3) is 2.68. The second kappa shape index (κ2) is 6.09. The van der Waals surface area contributed by atoms with Gasteiger partial charge in [-0.2, -0.15) is 4.98 Å². The van der Waals surface area contributed by atoms with Gasteiger partial charge in [0.25, 0.3) is 0 Å². The van der Waals surface area contributed by atoms with E-state index >= 15 is 0 Å². The fraction of sp³-hybridized carbons (Fsp3) is 0.421. The molecule has 4 heterocycles. The third-order valence-corrected chi connectivity index (χ3v) is 5.32. The number of imidazole rings is 1. The van der Waals surface area contributed by atoms with Crippen molar-refractivity contribution in [2.24, 2.45) is 13.0 Å². The normalized spacial score (nSPS) is 16.2. The first-order valence-corrected chi connectivity index (χ1v) is 9.13. The molecule has 1 N–H and O–H groups in total. The van der Waals surface area contributed by atoms with E-state index in [0.29, 0.717) is 37.3 Å². The summed E-state index contributed by atoms with van der Waals surface area (Å²) in [5.74, 6) is 1.79. The number of rotatable bonds is 4. The van der Waals surface area contributed by atoms with Crippen LogP contribution in [-0.2, 0) is 24.8 Å². The molecule has 0 atom stereocenters. The molecule has 5 rings (SSSR count). The summed E-state index contributed by atoms with van der Waals surface area (Å²) in [6.45, 7) is 4.74. The first-order valence-electron chi connectivity index (χ1n) is 9.13. The molecule has 0 bridgehead atoms. The molecule has 0 radical (unpaired) electrons. The zero-order chi connectivity index (χ0) is 18.5. The molecule has 1 saturated heterocycles. The molecule has 1 fully saturated rings. The van der Waals surface area contributed by atoms with Crippen molar-refractivity contribution in [1.82, 2.24) is 19.1 Å². The van der Waals surface area contributed by atoms with Gasteiger partial charge in [-0.25, -0.2) is 9.78 Å². The summed E-state index contributed by atoms with van der Waals surface area (Å²) in [7, 11) is 1.75. The molecule has 2 aromatic heterocycles. The summed E-state index contributed by atoms with van der Waals surface area (Å²) in [5.41, 5.74) is 4.51. The molecule has 140 valence electrons. The van der Waals surface area contributed by atoms with Gasteiger partial charge in [0.1, 0.15) is 11.3 Å². The van der Waals surface area contributed by atoms with Crippen molar-refractivity contribution in [3.63, 3.8) is 0 Å². The average Bonchev–Trinajstić information content (AvgIpc) is 3.15. The monoisotopic (exact) mass is 367 g/mol. The molecule has 27 heavy (non-hydrogen) atoms. The van der Waals surface area contributed by atoms with Gasteiger partial charge < -0.3 is 14.8 Å². The number of nitrogens with zero attached hydrogens (tertiary/aromatic N) is 4. The highest BCUT2D eigenvalue weighted by molar-refractivity contribution is 5.73. The molecule has 2 aliphatic rings. The smallest absolute Gasteiger partial charge is 0.330 e. The zero-order valence-corrected chi connectivity index (χ0v) is 15.4. The summed E-state index contributed by atoms with van der Waals surface area (Å²) in [5, 5.41) is 3.30. The lowest BCUT2D eigenvalue weighted by Crippen LogP contribution is -2.35. The summed E-state index contributed by atoms with van der Waals surface area (Å²) in [4.78, 5) is 21.7. The van der Waals surface area contributed by atoms with E-state index in [0.717, 1.165) is 35.5 Å². The molecule has 0 aliphatic carbocycles. The van der Waals surface area contributed by atoms with Gasteiger partial charge in [0, 0.05) is 31.6 Å². The lowest BCUT2D eigenvalue weighted by molar-refractivity contribution is -0.0394. The molecule has 2 aliphatic heterocycles. The van der Waals surface area contributed by atoms with Crippen LogP contribution in [0.4, 0.5) is 11.6 Å². The van der Waals surface area contributed by atoms with Gasteiger partial charge in [0.15, 0.2) is 5.65 Å². The first-order chi connectivity index (χ1) is 13.1. The van der Waals surface area contributed by atoms with Crippen LogP contribution in [-0.4, -0.2) is 38.9 Å². The second-order valence-electron chi connectivity index (χ2n) is 7.26. The van der Waals surface area contributed by atoms with E-state index in [4.69, 9.17) is 9.47 Å². The zero-order valence-electron chi connectivity index (χ0n) is 15.4. The summed E-state index contributed by atoms with van der Waals surface area (Å²) in [6.07, 6.45) is 2.61. The van der Waals surface area contributed by atoms with Gasteiger partial charge >= 0.3 is 5.69 Å². The van der Waals surface area contributed by atoms with E-state index in [1.807, 2.05) is 13.0 Å². The molecule has 8 nitrogen and oxygen atoms in total. The number of nitrogens with one attached hydrogen (secondary N) is 1. The molecule has 0 spiro atoms. The summed E-state index contributed by atoms with van der Waals surface area (Å²) in [6, 6.07) is 4.13. The van der Waals surface area contributed by atoms with E-state index in [-0.39, 0.29) is 5.69 Å². The predicted molar refractivity (Wildman–Crippen MR) is 101 cm³/mol. The van der Waals surface area contributed by atoms with Crippen LogP contribution >= 0.6 is 0 Å². The average molecular weight is 367 g/mol. The van der Waals surface area contributed by atoms with Crippen molar-refractivity contribution >= 4 is 22.8 Å². The van der Waals surface area contributed by atoms with E-state index in [9.17, 15) is 4.79 Å². The predicted octanol–water partition coefficient (Wildman–Crippen LogP) is 1.76. The minimum atomic E-state index is -0.0748. The quantitative estimate of drug-likeness (QED) is 0.757. The van der Waals surface area contributed by atoms with Gasteiger partial charge in [0.2, 0.25) is 5.95 Å². The van der Waals surface area contributed by atoms with Crippen molar-refractivity contribution in [3.8, 4) is 5.75 Å². The van der Waals surface area contributed by atoms with Crippen LogP contribution < -0.4 is 15.7 Å². The van der Waals surface area contributed by atoms with Gasteiger partial charge in [0.05, 0.1) is 26.0 Å². The van der Waals surface area contributed by atoms with Gasteiger partial charge in [-0.1, -0.05) is 0 Å². The Bertz CT molecular complexity index is 1100. The van der Waals surface area contributed by atoms with E-state index in [1.165, 1.54) is 5.56 Å². The molecule has 1 aromatic carbocycles. The molecule has 0 amide bonds. The Morgan fingerprint density at radius 3 is 2.96 bits per heavy atom. The lowest BCUT2D eigenvalue weighted by atomic mass is 10.1. The molecular formula is C19H21N5O3. The molecular weight excluding hydrogens is 346 g/mol. The van der Waals surface area contributed by atoms with Crippen molar-refractivity contribution in [2.45, 2.75) is 19.9 Å². The standard InChI is InChI=1S/C19H21N5O3/c1-11-5-16-13(3-4-27-16)6-14(11)21-18-20-7-15-17(22-18)24(19(25)23(15)2)8-12-9-26-10-12/h5-7,12H,3-4,8-10H2,1-2H3,(H,20,21,22). The van der Waals surface area contributed by atoms with Crippen LogP contribution in [0.2, 0.25) is 0 Å². The Labute approximate surface area is 155 Å². The number of hydrogen-bond donors (Lipinski definition) is 1. The number of ether oxygens (including phenoxy) is 2. The lowest BCUT2D eigenvalue weighted by Gasteiger charge is -2.25. The van der Waals surface area contributed by atoms with Crippen LogP contribution in [0.15, 0.2) is 23.1 Å². The van der Waals surface area contributed by atoms with Crippen LogP contribution in [0.25, 0.3) is 11.2 Å². The maximum Gasteiger partial charge on any atom is 0.330 e. The number of aromatic nitrogens is 4. The van der Waals surface area contributed by atoms with Crippen LogP contribution in [0.3, 0.4) is 0 Å². The third-order valence-electron chi connectivity index (χ3n) is 5.32. The van der Waals surface area contributed by atoms with Gasteiger partial charge in [-0.05, 0) is 30.2 Å².